The summed E-state index contributed by atoms with van der Waals surface area (Å²) in [4.78, 5) is 31.3. The molecule has 54 heavy (non-hydrogen) atoms. The van der Waals surface area contributed by atoms with Crippen LogP contribution in [-0.2, 0) is 20.4 Å². The van der Waals surface area contributed by atoms with E-state index in [1.165, 1.54) is 11.1 Å². The summed E-state index contributed by atoms with van der Waals surface area (Å²) in [5, 5.41) is 23.8. The number of benzene rings is 3. The number of hydrogen-bond acceptors (Lipinski definition) is 8. The van der Waals surface area contributed by atoms with E-state index in [1.54, 1.807) is 23.1 Å². The first kappa shape index (κ1) is 42.7. The Hall–Kier alpha value is -2.44. The molecule has 3 aliphatic rings. The fraction of sp³-hybridized carbons (Fsp3) is 0.286. The average molecular weight is 795 g/mol. The molecule has 4 aromatic rings. The van der Waals surface area contributed by atoms with Crippen LogP contribution in [0.25, 0.3) is 10.2 Å². The van der Waals surface area contributed by atoms with Crippen molar-refractivity contribution in [1.82, 2.24) is 4.98 Å². The van der Waals surface area contributed by atoms with Gasteiger partial charge in [0.2, 0.25) is 5.69 Å². The quantitative estimate of drug-likeness (QED) is 0.168. The van der Waals surface area contributed by atoms with Crippen LogP contribution >= 0.6 is 34.7 Å². The maximum Gasteiger partial charge on any atom is 1.00 e. The van der Waals surface area contributed by atoms with Crippen LogP contribution in [0.15, 0.2) is 117 Å². The topological polar surface area (TPSA) is 99.4 Å². The molecule has 7 nitrogen and oxygen atoms in total. The minimum Gasteiger partial charge on any atom is -0.550 e. The van der Waals surface area contributed by atoms with E-state index in [2.05, 4.69) is 79.7 Å². The zero-order chi connectivity index (χ0) is 36.8. The van der Waals surface area contributed by atoms with Gasteiger partial charge in [0.1, 0.15) is 0 Å². The fourth-order valence-corrected chi connectivity index (χ4v) is 10.1. The normalized spacial score (nSPS) is 18.4. The number of carbonyl (C=O) groups excluding carboxylic acids is 2. The predicted octanol–water partition coefficient (Wildman–Crippen LogP) is 1.62. The van der Waals surface area contributed by atoms with E-state index in [-0.39, 0.29) is 83.9 Å². The van der Waals surface area contributed by atoms with Crippen molar-refractivity contribution in [2.75, 3.05) is 18.0 Å². The van der Waals surface area contributed by atoms with E-state index in [4.69, 9.17) is 16.6 Å². The van der Waals surface area contributed by atoms with Gasteiger partial charge < -0.3 is 24.7 Å². The maximum absolute atomic E-state index is 11.6. The standard InChI is InChI=1S/C42H40ClN3O4S2.2Na/c1-41(2)29-9-5-7-11-32(29)45(23-21-37(47)48)35(41)19-15-26-13-14-27(39(26)52-40-44-31-10-6-8-12-34(31)51-40)16-20-36-42(3,4)30-25-28(43)17-18-33(30)46(36)24-22-38(49)50;;/h5-12,15-20,25H,13-14,21-24H2,1-4H3,(H-,47,48,49,50);;/q;2*+1/p-1. The van der Waals surface area contributed by atoms with Gasteiger partial charge in [-0.15, -0.1) is 11.3 Å². The smallest absolute Gasteiger partial charge is 0.550 e. The minimum absolute atomic E-state index is 0. The molecule has 12 heteroatoms. The van der Waals surface area contributed by atoms with Gasteiger partial charge in [-0.05, 0) is 79.8 Å². The van der Waals surface area contributed by atoms with Crippen molar-refractivity contribution in [1.29, 1.82) is 0 Å². The van der Waals surface area contributed by atoms with E-state index in [0.29, 0.717) is 11.6 Å². The van der Waals surface area contributed by atoms with Crippen molar-refractivity contribution in [2.24, 2.45) is 0 Å². The number of carbonyl (C=O) groups is 2. The van der Waals surface area contributed by atoms with Gasteiger partial charge in [0.05, 0.1) is 15.6 Å². The van der Waals surface area contributed by atoms with E-state index in [0.717, 1.165) is 66.2 Å². The molecular formula is C42H39ClN3Na2O4S2+. The molecule has 3 heterocycles. The zero-order valence-corrected chi connectivity index (χ0v) is 38.0. The third-order valence-corrected chi connectivity index (χ3v) is 12.9. The van der Waals surface area contributed by atoms with Crippen molar-refractivity contribution in [3.8, 4) is 0 Å². The molecule has 0 spiro atoms. The zero-order valence-electron chi connectivity index (χ0n) is 31.6. The predicted molar refractivity (Wildman–Crippen MR) is 207 cm³/mol. The Balaban J connectivity index is 0.00000280. The largest absolute Gasteiger partial charge is 1.00 e. The number of fused-ring (bicyclic) bond motifs is 3. The van der Waals surface area contributed by atoms with Crippen molar-refractivity contribution in [3.05, 3.63) is 129 Å². The molecule has 7 rings (SSSR count). The number of allylic oxidation sites excluding steroid dienone is 7. The molecule has 0 N–H and O–H groups in total. The van der Waals surface area contributed by atoms with E-state index in [1.807, 2.05) is 48.5 Å². The van der Waals surface area contributed by atoms with Crippen LogP contribution in [0.3, 0.4) is 0 Å². The Morgan fingerprint density at radius 1 is 0.907 bits per heavy atom. The summed E-state index contributed by atoms with van der Waals surface area (Å²) in [6.07, 6.45) is 10.2. The SMILES string of the molecule is CC1(C)C(/C=C/C2=C(Sc3nc4ccccc4s3)C(=C/C=C3/N(CCC(=O)[O-])c4ccc(Cl)cc4C3(C)C)/CC2)=[N+](CCC(=O)[O-])c2ccccc21.[Na+].[Na+]. The third kappa shape index (κ3) is 8.46. The Morgan fingerprint density at radius 3 is 2.37 bits per heavy atom. The first-order valence-electron chi connectivity index (χ1n) is 17.4. The summed E-state index contributed by atoms with van der Waals surface area (Å²) in [6, 6.07) is 22.1. The number of halogens is 1. The van der Waals surface area contributed by atoms with Crippen LogP contribution in [0.5, 0.6) is 0 Å². The van der Waals surface area contributed by atoms with Gasteiger partial charge in [0, 0.05) is 75.8 Å². The molecule has 1 aromatic heterocycles. The average Bonchev–Trinajstić information content (AvgIpc) is 3.80. The van der Waals surface area contributed by atoms with Crippen molar-refractivity contribution >= 4 is 73.9 Å². The van der Waals surface area contributed by atoms with Gasteiger partial charge >= 0.3 is 59.1 Å². The molecule has 3 aromatic carbocycles. The molecule has 266 valence electrons. The Morgan fingerprint density at radius 2 is 1.63 bits per heavy atom. The number of carboxylic acid groups (broad SMARTS) is 2. The number of rotatable bonds is 11. The van der Waals surface area contributed by atoms with Gasteiger partial charge in [0.15, 0.2) is 16.6 Å². The molecule has 0 saturated carbocycles. The second-order valence-electron chi connectivity index (χ2n) is 14.3. The van der Waals surface area contributed by atoms with E-state index in [9.17, 15) is 19.8 Å². The summed E-state index contributed by atoms with van der Waals surface area (Å²) in [5.41, 5.74) is 8.81. The summed E-state index contributed by atoms with van der Waals surface area (Å²) < 4.78 is 4.20. The molecule has 0 radical (unpaired) electrons. The first-order chi connectivity index (χ1) is 24.8. The first-order valence-corrected chi connectivity index (χ1v) is 19.4. The molecular weight excluding hydrogens is 756 g/mol. The van der Waals surface area contributed by atoms with Crippen molar-refractivity contribution < 1.29 is 83.5 Å². The summed E-state index contributed by atoms with van der Waals surface area (Å²) in [7, 11) is 0. The van der Waals surface area contributed by atoms with E-state index >= 15 is 0 Å². The third-order valence-electron chi connectivity index (χ3n) is 10.3. The molecule has 0 bridgehead atoms. The number of thioether (sulfide) groups is 1. The molecule has 0 atom stereocenters. The monoisotopic (exact) mass is 794 g/mol. The second-order valence-corrected chi connectivity index (χ2v) is 17.1. The molecule has 0 amide bonds. The Bertz CT molecular complexity index is 2260. The summed E-state index contributed by atoms with van der Waals surface area (Å²) in [5.74, 6) is -2.16. The van der Waals surface area contributed by atoms with Crippen molar-refractivity contribution in [3.63, 3.8) is 0 Å². The van der Waals surface area contributed by atoms with Gasteiger partial charge in [0.25, 0.3) is 0 Å². The minimum atomic E-state index is -1.09. The summed E-state index contributed by atoms with van der Waals surface area (Å²) in [6.45, 7) is 9.27. The van der Waals surface area contributed by atoms with Gasteiger partial charge in [-0.25, -0.2) is 4.98 Å². The summed E-state index contributed by atoms with van der Waals surface area (Å²) >= 11 is 9.80. The molecule has 0 saturated heterocycles. The van der Waals surface area contributed by atoms with Gasteiger partial charge in [-0.1, -0.05) is 79.7 Å². The Kier molecular flexibility index (Phi) is 13.7. The molecule has 1 aliphatic carbocycles. The maximum atomic E-state index is 11.6. The van der Waals surface area contributed by atoms with Gasteiger partial charge in [-0.3, -0.25) is 0 Å². The van der Waals surface area contributed by atoms with E-state index < -0.39 is 17.4 Å². The van der Waals surface area contributed by atoms with Crippen LogP contribution in [0, 0.1) is 0 Å². The van der Waals surface area contributed by atoms with Crippen LogP contribution in [-0.4, -0.2) is 40.3 Å². The molecule has 0 fully saturated rings. The van der Waals surface area contributed by atoms with Crippen LogP contribution in [0.1, 0.15) is 64.5 Å². The Labute approximate surface area is 374 Å². The number of aromatic nitrogens is 1. The number of aliphatic carboxylic acids is 2. The van der Waals surface area contributed by atoms with Crippen molar-refractivity contribution in [2.45, 2.75) is 68.5 Å². The molecule has 0 unspecified atom stereocenters. The molecule has 2 aliphatic heterocycles. The number of para-hydroxylation sites is 2. The van der Waals surface area contributed by atoms with Crippen LogP contribution < -0.4 is 74.2 Å². The fourth-order valence-electron chi connectivity index (χ4n) is 7.67. The number of thiazole rings is 1. The number of anilines is 1. The number of hydrogen-bond donors (Lipinski definition) is 0. The number of nitrogens with zero attached hydrogens (tertiary/aromatic N) is 3. The van der Waals surface area contributed by atoms with Crippen LogP contribution in [0.4, 0.5) is 11.4 Å². The van der Waals surface area contributed by atoms with Crippen LogP contribution in [0.2, 0.25) is 5.02 Å². The number of carboxylic acids is 2. The van der Waals surface area contributed by atoms with Gasteiger partial charge in [-0.2, -0.15) is 4.58 Å². The second kappa shape index (κ2) is 17.4.